The summed E-state index contributed by atoms with van der Waals surface area (Å²) < 4.78 is 1.99. The number of fused-ring (bicyclic) bond motifs is 1. The predicted molar refractivity (Wildman–Crippen MR) is 73.2 cm³/mol. The summed E-state index contributed by atoms with van der Waals surface area (Å²) in [7, 11) is 0. The number of aromatic nitrogens is 3. The molecule has 3 heterocycles. The van der Waals surface area contributed by atoms with Crippen molar-refractivity contribution in [3.8, 4) is 0 Å². The van der Waals surface area contributed by atoms with Crippen LogP contribution in [0.1, 0.15) is 56.2 Å². The molecule has 3 rings (SSSR count). The van der Waals surface area contributed by atoms with Crippen LogP contribution < -0.4 is 0 Å². The fraction of sp³-hybridized carbons (Fsp3) is 0.857. The van der Waals surface area contributed by atoms with Gasteiger partial charge in [-0.1, -0.05) is 6.92 Å². The molecule has 2 aliphatic heterocycles. The Balaban J connectivity index is 1.80. The van der Waals surface area contributed by atoms with Gasteiger partial charge in [0.1, 0.15) is 5.82 Å². The molecule has 1 saturated heterocycles. The molecule has 0 saturated carbocycles. The second kappa shape index (κ2) is 5.59. The molecule has 1 aromatic heterocycles. The van der Waals surface area contributed by atoms with E-state index in [2.05, 4.69) is 11.8 Å². The topological polar surface area (TPSA) is 54.2 Å². The quantitative estimate of drug-likeness (QED) is 0.895. The standard InChI is InChI=1S/C14H24N4O/c1-2-17-8-4-5-11(9-17)14-15-13-7-3-6-12(10-19)18(13)16-14/h11-12,19H,2-10H2,1H3. The monoisotopic (exact) mass is 264 g/mol. The number of rotatable bonds is 3. The molecule has 2 atom stereocenters. The Morgan fingerprint density at radius 1 is 1.32 bits per heavy atom. The van der Waals surface area contributed by atoms with Crippen molar-refractivity contribution in [2.75, 3.05) is 26.2 Å². The molecular weight excluding hydrogens is 240 g/mol. The third-order valence-electron chi connectivity index (χ3n) is 4.53. The third kappa shape index (κ3) is 2.54. The molecule has 1 aromatic rings. The van der Waals surface area contributed by atoms with Gasteiger partial charge >= 0.3 is 0 Å². The highest BCUT2D eigenvalue weighted by molar-refractivity contribution is 5.05. The number of aryl methyl sites for hydroxylation is 1. The number of likely N-dealkylation sites (tertiary alicyclic amines) is 1. The zero-order chi connectivity index (χ0) is 13.2. The Kier molecular flexibility index (Phi) is 3.84. The molecule has 5 heteroatoms. The number of aliphatic hydroxyl groups is 1. The van der Waals surface area contributed by atoms with Gasteiger partial charge in [-0.3, -0.25) is 0 Å². The predicted octanol–water partition coefficient (Wildman–Crippen LogP) is 1.35. The van der Waals surface area contributed by atoms with Crippen LogP contribution in [0.15, 0.2) is 0 Å². The summed E-state index contributed by atoms with van der Waals surface area (Å²) in [5, 5.41) is 14.2. The maximum Gasteiger partial charge on any atom is 0.155 e. The first-order valence-corrected chi connectivity index (χ1v) is 7.60. The Morgan fingerprint density at radius 2 is 2.21 bits per heavy atom. The van der Waals surface area contributed by atoms with Crippen LogP contribution in [0.2, 0.25) is 0 Å². The lowest BCUT2D eigenvalue weighted by molar-refractivity contribution is 0.192. The van der Waals surface area contributed by atoms with E-state index in [1.165, 1.54) is 19.4 Å². The zero-order valence-corrected chi connectivity index (χ0v) is 11.8. The number of aliphatic hydroxyl groups excluding tert-OH is 1. The summed E-state index contributed by atoms with van der Waals surface area (Å²) in [6, 6.07) is 0.149. The van der Waals surface area contributed by atoms with Gasteiger partial charge in [-0.25, -0.2) is 9.67 Å². The molecule has 1 N–H and O–H groups in total. The summed E-state index contributed by atoms with van der Waals surface area (Å²) >= 11 is 0. The molecule has 1 fully saturated rings. The minimum absolute atomic E-state index is 0.149. The Hall–Kier alpha value is -0.940. The van der Waals surface area contributed by atoms with Gasteiger partial charge in [0.05, 0.1) is 12.6 Å². The summed E-state index contributed by atoms with van der Waals surface area (Å²) in [6.45, 7) is 5.81. The average molecular weight is 264 g/mol. The van der Waals surface area contributed by atoms with Gasteiger partial charge in [-0.05, 0) is 38.8 Å². The van der Waals surface area contributed by atoms with E-state index in [9.17, 15) is 5.11 Å². The van der Waals surface area contributed by atoms with Crippen LogP contribution in [0.4, 0.5) is 0 Å². The van der Waals surface area contributed by atoms with Gasteiger partial charge in [-0.2, -0.15) is 5.10 Å². The van der Waals surface area contributed by atoms with Crippen LogP contribution in [0.3, 0.4) is 0 Å². The smallest absolute Gasteiger partial charge is 0.155 e. The van der Waals surface area contributed by atoms with Crippen molar-refractivity contribution in [1.29, 1.82) is 0 Å². The van der Waals surface area contributed by atoms with Crippen LogP contribution in [-0.4, -0.2) is 51.0 Å². The van der Waals surface area contributed by atoms with Crippen molar-refractivity contribution in [2.24, 2.45) is 0 Å². The molecule has 106 valence electrons. The Labute approximate surface area is 114 Å². The number of nitrogens with zero attached hydrogens (tertiary/aromatic N) is 4. The average Bonchev–Trinajstić information content (AvgIpc) is 2.91. The van der Waals surface area contributed by atoms with Crippen LogP contribution in [0.25, 0.3) is 0 Å². The molecular formula is C14H24N4O. The first-order chi connectivity index (χ1) is 9.31. The van der Waals surface area contributed by atoms with Crippen molar-refractivity contribution >= 4 is 0 Å². The molecule has 19 heavy (non-hydrogen) atoms. The normalized spacial score (nSPS) is 28.3. The van der Waals surface area contributed by atoms with Gasteiger partial charge in [0, 0.05) is 18.9 Å². The molecule has 2 unspecified atom stereocenters. The second-order valence-electron chi connectivity index (χ2n) is 5.79. The van der Waals surface area contributed by atoms with Gasteiger partial charge in [0.25, 0.3) is 0 Å². The summed E-state index contributed by atoms with van der Waals surface area (Å²) in [5.74, 6) is 2.56. The fourth-order valence-corrected chi connectivity index (χ4v) is 3.35. The van der Waals surface area contributed by atoms with Gasteiger partial charge in [0.2, 0.25) is 0 Å². The van der Waals surface area contributed by atoms with E-state index in [1.54, 1.807) is 0 Å². The highest BCUT2D eigenvalue weighted by atomic mass is 16.3. The number of likely N-dealkylation sites (N-methyl/N-ethyl adjacent to an activating group) is 1. The summed E-state index contributed by atoms with van der Waals surface area (Å²) in [5.41, 5.74) is 0. The molecule has 0 radical (unpaired) electrons. The molecule has 5 nitrogen and oxygen atoms in total. The Morgan fingerprint density at radius 3 is 3.00 bits per heavy atom. The highest BCUT2D eigenvalue weighted by Crippen LogP contribution is 2.28. The molecule has 0 bridgehead atoms. The SMILES string of the molecule is CCN1CCCC(c2nc3n(n2)C(CO)CCC3)C1. The first-order valence-electron chi connectivity index (χ1n) is 7.60. The van der Waals surface area contributed by atoms with E-state index in [0.29, 0.717) is 5.92 Å². The first kappa shape index (κ1) is 13.1. The summed E-state index contributed by atoms with van der Waals surface area (Å²) in [6.07, 6.45) is 5.59. The zero-order valence-electron chi connectivity index (χ0n) is 11.8. The van der Waals surface area contributed by atoms with Crippen LogP contribution in [-0.2, 0) is 6.42 Å². The van der Waals surface area contributed by atoms with E-state index < -0.39 is 0 Å². The van der Waals surface area contributed by atoms with Crippen molar-refractivity contribution < 1.29 is 5.11 Å². The minimum Gasteiger partial charge on any atom is -0.394 e. The molecule has 0 aromatic carbocycles. The van der Waals surface area contributed by atoms with Crippen LogP contribution in [0, 0.1) is 0 Å². The fourth-order valence-electron chi connectivity index (χ4n) is 3.35. The summed E-state index contributed by atoms with van der Waals surface area (Å²) in [4.78, 5) is 7.24. The highest BCUT2D eigenvalue weighted by Gasteiger charge is 2.28. The van der Waals surface area contributed by atoms with Crippen LogP contribution >= 0.6 is 0 Å². The van der Waals surface area contributed by atoms with Gasteiger partial charge in [-0.15, -0.1) is 0 Å². The second-order valence-corrected chi connectivity index (χ2v) is 5.79. The third-order valence-corrected chi connectivity index (χ3v) is 4.53. The van der Waals surface area contributed by atoms with Crippen molar-refractivity contribution in [2.45, 2.75) is 51.0 Å². The number of piperidine rings is 1. The molecule has 0 spiro atoms. The lowest BCUT2D eigenvalue weighted by atomic mass is 9.97. The number of hydrogen-bond acceptors (Lipinski definition) is 4. The minimum atomic E-state index is 0.149. The van der Waals surface area contributed by atoms with Crippen LogP contribution in [0.5, 0.6) is 0 Å². The van der Waals surface area contributed by atoms with E-state index in [0.717, 1.165) is 44.0 Å². The van der Waals surface area contributed by atoms with Crippen molar-refractivity contribution in [1.82, 2.24) is 19.7 Å². The molecule has 0 amide bonds. The molecule has 2 aliphatic rings. The van der Waals surface area contributed by atoms with E-state index >= 15 is 0 Å². The largest absolute Gasteiger partial charge is 0.394 e. The van der Waals surface area contributed by atoms with Crippen molar-refractivity contribution in [3.63, 3.8) is 0 Å². The lowest BCUT2D eigenvalue weighted by Crippen LogP contribution is -2.34. The maximum absolute atomic E-state index is 9.44. The van der Waals surface area contributed by atoms with E-state index in [4.69, 9.17) is 10.1 Å². The van der Waals surface area contributed by atoms with E-state index in [1.807, 2.05) is 4.68 Å². The lowest BCUT2D eigenvalue weighted by Gasteiger charge is -2.30. The Bertz CT molecular complexity index is 431. The molecule has 0 aliphatic carbocycles. The van der Waals surface area contributed by atoms with Gasteiger partial charge < -0.3 is 10.0 Å². The van der Waals surface area contributed by atoms with Crippen molar-refractivity contribution in [3.05, 3.63) is 11.6 Å². The number of hydrogen-bond donors (Lipinski definition) is 1. The van der Waals surface area contributed by atoms with Gasteiger partial charge in [0.15, 0.2) is 5.82 Å². The maximum atomic E-state index is 9.44. The van der Waals surface area contributed by atoms with E-state index in [-0.39, 0.29) is 12.6 Å².